The van der Waals surface area contributed by atoms with Crippen LogP contribution in [0, 0.1) is 27.7 Å². The molecule has 0 fully saturated rings. The van der Waals surface area contributed by atoms with Crippen LogP contribution < -0.4 is 0 Å². The third-order valence-corrected chi connectivity index (χ3v) is 16.4. The van der Waals surface area contributed by atoms with Gasteiger partial charge in [-0.15, -0.1) is 0 Å². The SMILES string of the molecule is CCCCCCCCC1(CCCCCCCC)c2cc(C)ccc2-c2ccc(C)cc21.CCn1c2ccccc2c2cc(/C=C/c3cc(C)c(/C=C/c4ccc5c(c4)c4ccccc4n5CC)cc3C)ccc21. The Morgan fingerprint density at radius 1 is 0.370 bits per heavy atom. The molecule has 1 aliphatic carbocycles. The number of aryl methyl sites for hydroxylation is 6. The van der Waals surface area contributed by atoms with Gasteiger partial charge in [0.2, 0.25) is 0 Å². The Morgan fingerprint density at radius 2 is 0.767 bits per heavy atom. The van der Waals surface area contributed by atoms with E-state index in [4.69, 9.17) is 0 Å². The standard InChI is InChI=1S/C40H36N2.C31H46/c1-5-41-37-13-9-7-11-33(37)35-25-29(17-21-39(35)41)15-19-31-23-28(4)32(24-27(31)3)20-16-30-18-22-40-36(26-30)34-12-8-10-14-38(34)42(40)6-2;1-5-7-9-11-13-15-21-31(22-16-14-12-10-8-6-2)29-23-25(3)17-19-27(29)28-20-18-26(4)24-30(28)31/h7-26H,5-6H2,1-4H3;17-20,23-24H,5-16,21-22H2,1-4H3/b19-15+,20-16+;. The Bertz CT molecular complexity index is 3170. The number of para-hydroxylation sites is 2. The molecule has 73 heavy (non-hydrogen) atoms. The molecule has 0 atom stereocenters. The fourth-order valence-electron chi connectivity index (χ4n) is 12.4. The highest BCUT2D eigenvalue weighted by atomic mass is 15.0. The van der Waals surface area contributed by atoms with Gasteiger partial charge in [-0.1, -0.05) is 223 Å². The first-order chi connectivity index (χ1) is 35.7. The van der Waals surface area contributed by atoms with E-state index in [1.54, 1.807) is 11.1 Å². The smallest absolute Gasteiger partial charge is 0.0491 e. The molecule has 0 aliphatic heterocycles. The highest BCUT2D eigenvalue weighted by molar-refractivity contribution is 6.10. The van der Waals surface area contributed by atoms with E-state index in [0.717, 1.165) is 13.1 Å². The van der Waals surface area contributed by atoms with Gasteiger partial charge >= 0.3 is 0 Å². The monoisotopic (exact) mass is 963 g/mol. The van der Waals surface area contributed by atoms with Crippen molar-refractivity contribution < 1.29 is 0 Å². The maximum Gasteiger partial charge on any atom is 0.0491 e. The number of benzene rings is 7. The Balaban J connectivity index is 0.000000189. The van der Waals surface area contributed by atoms with Gasteiger partial charge in [0.1, 0.15) is 0 Å². The van der Waals surface area contributed by atoms with Crippen LogP contribution in [0.15, 0.2) is 133 Å². The molecule has 0 radical (unpaired) electrons. The van der Waals surface area contributed by atoms with Crippen LogP contribution in [0.3, 0.4) is 0 Å². The minimum Gasteiger partial charge on any atom is -0.341 e. The summed E-state index contributed by atoms with van der Waals surface area (Å²) in [5.41, 5.74) is 22.1. The summed E-state index contributed by atoms with van der Waals surface area (Å²) >= 11 is 0. The van der Waals surface area contributed by atoms with Gasteiger partial charge in [-0.05, 0) is 146 Å². The molecule has 1 aliphatic rings. The predicted octanol–water partition coefficient (Wildman–Crippen LogP) is 21.0. The van der Waals surface area contributed by atoms with Crippen molar-refractivity contribution in [2.24, 2.45) is 0 Å². The molecule has 0 unspecified atom stereocenters. The quantitative estimate of drug-likeness (QED) is 0.0532. The first kappa shape index (κ1) is 51.5. The van der Waals surface area contributed by atoms with E-state index in [-0.39, 0.29) is 5.41 Å². The molecular formula is C71H82N2. The van der Waals surface area contributed by atoms with Crippen LogP contribution in [0.4, 0.5) is 0 Å². The first-order valence-corrected chi connectivity index (χ1v) is 28.4. The van der Waals surface area contributed by atoms with Crippen molar-refractivity contribution in [2.45, 2.75) is 164 Å². The van der Waals surface area contributed by atoms with Crippen LogP contribution >= 0.6 is 0 Å². The summed E-state index contributed by atoms with van der Waals surface area (Å²) in [5, 5.41) is 5.28. The molecule has 0 spiro atoms. The lowest BCUT2D eigenvalue weighted by molar-refractivity contribution is 0.397. The maximum atomic E-state index is 2.53. The van der Waals surface area contributed by atoms with E-state index in [9.17, 15) is 0 Å². The maximum absolute atomic E-state index is 2.53. The summed E-state index contributed by atoms with van der Waals surface area (Å²) in [5.74, 6) is 0. The third kappa shape index (κ3) is 11.0. The molecule has 0 N–H and O–H groups in total. The van der Waals surface area contributed by atoms with Gasteiger partial charge in [0, 0.05) is 62.1 Å². The molecule has 2 heteroatoms. The van der Waals surface area contributed by atoms with Gasteiger partial charge in [-0.3, -0.25) is 0 Å². The molecule has 2 heterocycles. The van der Waals surface area contributed by atoms with Crippen LogP contribution in [-0.2, 0) is 18.5 Å². The molecule has 2 nitrogen and oxygen atoms in total. The summed E-state index contributed by atoms with van der Waals surface area (Å²) in [6, 6.07) is 50.2. The van der Waals surface area contributed by atoms with Crippen molar-refractivity contribution in [1.82, 2.24) is 9.13 Å². The normalized spacial score (nSPS) is 13.0. The van der Waals surface area contributed by atoms with Crippen molar-refractivity contribution in [3.63, 3.8) is 0 Å². The van der Waals surface area contributed by atoms with Crippen LogP contribution in [-0.4, -0.2) is 9.13 Å². The molecule has 0 amide bonds. The molecule has 0 saturated heterocycles. The average molecular weight is 963 g/mol. The van der Waals surface area contributed by atoms with Gasteiger partial charge in [0.05, 0.1) is 0 Å². The van der Waals surface area contributed by atoms with Crippen LogP contribution in [0.25, 0.3) is 79.0 Å². The molecule has 2 aromatic heterocycles. The van der Waals surface area contributed by atoms with E-state index in [1.165, 1.54) is 189 Å². The highest BCUT2D eigenvalue weighted by Gasteiger charge is 2.42. The number of fused-ring (bicyclic) bond motifs is 9. The van der Waals surface area contributed by atoms with E-state index in [0.29, 0.717) is 0 Å². The number of hydrogen-bond donors (Lipinski definition) is 0. The number of aromatic nitrogens is 2. The van der Waals surface area contributed by atoms with Gasteiger partial charge in [0.25, 0.3) is 0 Å². The minimum absolute atomic E-state index is 0.234. The summed E-state index contributed by atoms with van der Waals surface area (Å²) in [6.07, 6.45) is 28.2. The Kier molecular flexibility index (Phi) is 16.7. The van der Waals surface area contributed by atoms with Crippen molar-refractivity contribution in [3.8, 4) is 11.1 Å². The lowest BCUT2D eigenvalue weighted by Crippen LogP contribution is -2.25. The largest absolute Gasteiger partial charge is 0.341 e. The zero-order chi connectivity index (χ0) is 50.9. The number of hydrogen-bond acceptors (Lipinski definition) is 0. The predicted molar refractivity (Wildman–Crippen MR) is 322 cm³/mol. The molecule has 10 rings (SSSR count). The Labute approximate surface area is 438 Å². The second-order valence-corrected chi connectivity index (χ2v) is 21.5. The Hall–Kier alpha value is -6.38. The topological polar surface area (TPSA) is 9.86 Å². The third-order valence-electron chi connectivity index (χ3n) is 16.4. The molecule has 0 bridgehead atoms. The lowest BCUT2D eigenvalue weighted by atomic mass is 9.70. The van der Waals surface area contributed by atoms with Gasteiger partial charge < -0.3 is 9.13 Å². The van der Waals surface area contributed by atoms with E-state index in [1.807, 2.05) is 0 Å². The highest BCUT2D eigenvalue weighted by Crippen LogP contribution is 2.54. The van der Waals surface area contributed by atoms with Gasteiger partial charge in [0.15, 0.2) is 0 Å². The molecular weight excluding hydrogens is 881 g/mol. The van der Waals surface area contributed by atoms with E-state index in [2.05, 4.69) is 222 Å². The molecule has 376 valence electrons. The van der Waals surface area contributed by atoms with Crippen LogP contribution in [0.1, 0.15) is 173 Å². The minimum atomic E-state index is 0.234. The van der Waals surface area contributed by atoms with Crippen molar-refractivity contribution in [3.05, 3.63) is 189 Å². The fourth-order valence-corrected chi connectivity index (χ4v) is 12.4. The molecule has 0 saturated carbocycles. The molecule has 9 aromatic rings. The fraction of sp³-hybridized carbons (Fsp3) is 0.352. The summed E-state index contributed by atoms with van der Waals surface area (Å²) < 4.78 is 4.80. The second kappa shape index (κ2) is 23.7. The zero-order valence-corrected chi connectivity index (χ0v) is 45.7. The van der Waals surface area contributed by atoms with Crippen molar-refractivity contribution >= 4 is 67.9 Å². The first-order valence-electron chi connectivity index (χ1n) is 28.4. The van der Waals surface area contributed by atoms with Gasteiger partial charge in [-0.2, -0.15) is 0 Å². The average Bonchev–Trinajstić information content (AvgIpc) is 4.00. The number of rotatable bonds is 20. The van der Waals surface area contributed by atoms with E-state index < -0.39 is 0 Å². The summed E-state index contributed by atoms with van der Waals surface area (Å²) in [4.78, 5) is 0. The lowest BCUT2D eigenvalue weighted by Gasteiger charge is -2.33. The van der Waals surface area contributed by atoms with E-state index >= 15 is 0 Å². The zero-order valence-electron chi connectivity index (χ0n) is 45.7. The second-order valence-electron chi connectivity index (χ2n) is 21.5. The van der Waals surface area contributed by atoms with Gasteiger partial charge in [-0.25, -0.2) is 0 Å². The van der Waals surface area contributed by atoms with Crippen LogP contribution in [0.5, 0.6) is 0 Å². The summed E-state index contributed by atoms with van der Waals surface area (Å²) in [7, 11) is 0. The van der Waals surface area contributed by atoms with Crippen LogP contribution in [0.2, 0.25) is 0 Å². The molecule has 7 aromatic carbocycles. The van der Waals surface area contributed by atoms with Crippen molar-refractivity contribution in [1.29, 1.82) is 0 Å². The van der Waals surface area contributed by atoms with Crippen molar-refractivity contribution in [2.75, 3.05) is 0 Å². The number of unbranched alkanes of at least 4 members (excludes halogenated alkanes) is 10. The summed E-state index contributed by atoms with van der Waals surface area (Å²) in [6.45, 7) is 20.0. The Morgan fingerprint density at radius 3 is 1.19 bits per heavy atom. The number of nitrogens with zero attached hydrogens (tertiary/aromatic N) is 2.